The van der Waals surface area contributed by atoms with Crippen LogP contribution in [0, 0.1) is 0 Å². The van der Waals surface area contributed by atoms with Gasteiger partial charge in [0.15, 0.2) is 6.10 Å². The van der Waals surface area contributed by atoms with Gasteiger partial charge in [-0.3, -0.25) is 9.59 Å². The van der Waals surface area contributed by atoms with Crippen LogP contribution >= 0.6 is 0 Å². The number of amides is 2. The third-order valence-corrected chi connectivity index (χ3v) is 6.04. The van der Waals surface area contributed by atoms with Crippen molar-refractivity contribution in [1.82, 2.24) is 35.9 Å². The van der Waals surface area contributed by atoms with Gasteiger partial charge in [0.2, 0.25) is 17.5 Å². The summed E-state index contributed by atoms with van der Waals surface area (Å²) in [7, 11) is 0. The van der Waals surface area contributed by atoms with Gasteiger partial charge in [0, 0.05) is 36.5 Å². The summed E-state index contributed by atoms with van der Waals surface area (Å²) in [5, 5.41) is 22.9. The zero-order valence-corrected chi connectivity index (χ0v) is 21.6. The molecule has 3 aromatic heterocycles. The van der Waals surface area contributed by atoms with Crippen molar-refractivity contribution in [3.05, 3.63) is 83.9 Å². The van der Waals surface area contributed by atoms with Gasteiger partial charge >= 0.3 is 6.18 Å². The van der Waals surface area contributed by atoms with Crippen LogP contribution in [-0.2, 0) is 22.3 Å². The molecule has 0 aliphatic carbocycles. The highest BCUT2D eigenvalue weighted by molar-refractivity contribution is 5.83. The van der Waals surface area contributed by atoms with E-state index in [-0.39, 0.29) is 42.4 Å². The van der Waals surface area contributed by atoms with Gasteiger partial charge in [-0.1, -0.05) is 64.9 Å². The van der Waals surface area contributed by atoms with Crippen molar-refractivity contribution in [2.45, 2.75) is 25.2 Å². The molecule has 0 spiro atoms. The maximum atomic E-state index is 14.0. The Morgan fingerprint density at radius 1 is 0.976 bits per heavy atom. The number of H-pyrrole nitrogens is 1. The Balaban J connectivity index is 1.22. The number of alkyl halides is 3. The molecule has 1 atom stereocenters. The number of aromatic amines is 1. The van der Waals surface area contributed by atoms with E-state index in [1.807, 2.05) is 0 Å². The lowest BCUT2D eigenvalue weighted by molar-refractivity contribution is -0.137. The normalized spacial score (nSPS) is 12.2. The number of halogens is 3. The van der Waals surface area contributed by atoms with Gasteiger partial charge in [0.05, 0.1) is 6.54 Å². The Labute approximate surface area is 235 Å². The van der Waals surface area contributed by atoms with Crippen LogP contribution in [0.4, 0.5) is 13.2 Å². The largest absolute Gasteiger partial charge is 0.422 e. The topological polar surface area (TPSA) is 172 Å². The molecule has 0 aliphatic rings. The molecule has 0 saturated carbocycles. The second-order valence-corrected chi connectivity index (χ2v) is 8.90. The predicted molar refractivity (Wildman–Crippen MR) is 139 cm³/mol. The molecule has 5 rings (SSSR count). The van der Waals surface area contributed by atoms with Crippen LogP contribution in [0.5, 0.6) is 0 Å². The lowest BCUT2D eigenvalue weighted by Gasteiger charge is -2.12. The third kappa shape index (κ3) is 6.36. The summed E-state index contributed by atoms with van der Waals surface area (Å²) >= 11 is 0. The van der Waals surface area contributed by atoms with Gasteiger partial charge < -0.3 is 29.8 Å². The van der Waals surface area contributed by atoms with Crippen molar-refractivity contribution in [3.8, 4) is 34.3 Å². The van der Waals surface area contributed by atoms with Crippen molar-refractivity contribution in [2.75, 3.05) is 6.54 Å². The number of aliphatic hydroxyl groups is 1. The summed E-state index contributed by atoms with van der Waals surface area (Å²) in [5.74, 6) is -1.75. The van der Waals surface area contributed by atoms with E-state index in [1.165, 1.54) is 36.4 Å². The van der Waals surface area contributed by atoms with Crippen LogP contribution in [0.2, 0.25) is 0 Å². The molecule has 15 heteroatoms. The third-order valence-electron chi connectivity index (χ3n) is 6.04. The summed E-state index contributed by atoms with van der Waals surface area (Å²) < 4.78 is 51.9. The van der Waals surface area contributed by atoms with Crippen LogP contribution in [0.15, 0.2) is 76.0 Å². The highest BCUT2D eigenvalue weighted by atomic mass is 19.4. The molecule has 3 heterocycles. The van der Waals surface area contributed by atoms with Gasteiger partial charge in [-0.2, -0.15) is 18.2 Å². The molecule has 0 fully saturated rings. The van der Waals surface area contributed by atoms with Crippen molar-refractivity contribution in [2.24, 2.45) is 0 Å². The number of hydrogen-bond donors (Lipinski definition) is 4. The first-order valence-corrected chi connectivity index (χ1v) is 12.5. The fraction of sp³-hybridized carbons (Fsp3) is 0.185. The second-order valence-electron chi connectivity index (χ2n) is 8.90. The quantitative estimate of drug-likeness (QED) is 0.192. The maximum absolute atomic E-state index is 14.0. The molecule has 12 nitrogen and oxygen atoms in total. The Kier molecular flexibility index (Phi) is 8.10. The van der Waals surface area contributed by atoms with Crippen LogP contribution in [0.25, 0.3) is 34.3 Å². The lowest BCUT2D eigenvalue weighted by Crippen LogP contribution is -2.33. The molecule has 0 aliphatic heterocycles. The molecule has 5 aromatic rings. The smallest absolute Gasteiger partial charge is 0.378 e. The number of imidazole rings is 1. The van der Waals surface area contributed by atoms with Crippen molar-refractivity contribution >= 4 is 11.8 Å². The fourth-order valence-electron chi connectivity index (χ4n) is 3.95. The molecular weight excluding hydrogens is 559 g/mol. The number of rotatable bonds is 10. The molecule has 42 heavy (non-hydrogen) atoms. The average Bonchev–Trinajstić information content (AvgIpc) is 3.77. The number of hydrogen-bond acceptors (Lipinski definition) is 9. The van der Waals surface area contributed by atoms with Gasteiger partial charge in [-0.05, 0) is 5.56 Å². The highest BCUT2D eigenvalue weighted by Crippen LogP contribution is 2.43. The number of carbonyl (C=O) groups is 2. The minimum Gasteiger partial charge on any atom is -0.378 e. The molecule has 2 aromatic carbocycles. The first-order valence-electron chi connectivity index (χ1n) is 12.5. The van der Waals surface area contributed by atoms with Crippen LogP contribution in [-0.4, -0.2) is 48.7 Å². The lowest BCUT2D eigenvalue weighted by atomic mass is 10.1. The molecule has 0 bridgehead atoms. The average molecular weight is 582 g/mol. The first-order chi connectivity index (χ1) is 20.2. The van der Waals surface area contributed by atoms with E-state index in [2.05, 4.69) is 35.9 Å². The monoisotopic (exact) mass is 581 g/mol. The summed E-state index contributed by atoms with van der Waals surface area (Å²) in [6.07, 6.45) is -3.18. The number of nitrogens with zero attached hydrogens (tertiary/aromatic N) is 4. The van der Waals surface area contributed by atoms with E-state index in [1.54, 1.807) is 30.6 Å². The van der Waals surface area contributed by atoms with Crippen molar-refractivity contribution < 1.29 is 36.9 Å². The summed E-state index contributed by atoms with van der Waals surface area (Å²) in [6.45, 7) is 0.213. The minimum absolute atomic E-state index is 0.00284. The van der Waals surface area contributed by atoms with E-state index in [4.69, 9.17) is 9.05 Å². The molecular formula is C27H22F3N7O5. The van der Waals surface area contributed by atoms with E-state index in [9.17, 15) is 27.9 Å². The zero-order valence-electron chi connectivity index (χ0n) is 21.6. The summed E-state index contributed by atoms with van der Waals surface area (Å²) in [4.78, 5) is 35.1. The van der Waals surface area contributed by atoms with Crippen molar-refractivity contribution in [1.29, 1.82) is 0 Å². The van der Waals surface area contributed by atoms with Gasteiger partial charge in [-0.15, -0.1) is 0 Å². The van der Waals surface area contributed by atoms with Gasteiger partial charge in [-0.25, -0.2) is 4.98 Å². The SMILES string of the molecule is O=C(CCNC(=O)C(O)c1ccc(-c2noc(-c3onc(-c4ccccc4)c3C(F)(F)F)n2)cc1)NCc1ncc[nH]1. The van der Waals surface area contributed by atoms with Crippen LogP contribution in [0.3, 0.4) is 0 Å². The van der Waals surface area contributed by atoms with Crippen LogP contribution < -0.4 is 10.6 Å². The summed E-state index contributed by atoms with van der Waals surface area (Å²) in [5.41, 5.74) is -0.797. The molecule has 2 amide bonds. The standard InChI is InChI=1S/C27H22F3N7O5/c28-27(29,30)20-21(15-4-2-1-3-5-15)36-41-23(20)26-35-24(37-42-26)17-8-6-16(7-9-17)22(39)25(40)33-11-10-19(38)34-14-18-31-12-13-32-18/h1-9,12-13,22,39H,10-11,14H2,(H,31,32)(H,33,40)(H,34,38). The Bertz CT molecular complexity index is 1650. The number of aromatic nitrogens is 5. The van der Waals surface area contributed by atoms with Crippen LogP contribution in [0.1, 0.15) is 29.5 Å². The van der Waals surface area contributed by atoms with E-state index >= 15 is 0 Å². The molecule has 0 radical (unpaired) electrons. The van der Waals surface area contributed by atoms with E-state index < -0.39 is 41.1 Å². The molecule has 0 saturated heterocycles. The Morgan fingerprint density at radius 2 is 1.74 bits per heavy atom. The number of nitrogens with one attached hydrogen (secondary N) is 3. The molecule has 1 unspecified atom stereocenters. The minimum atomic E-state index is -4.82. The highest BCUT2D eigenvalue weighted by Gasteiger charge is 2.43. The molecule has 216 valence electrons. The van der Waals surface area contributed by atoms with Crippen molar-refractivity contribution in [3.63, 3.8) is 0 Å². The molecule has 4 N–H and O–H groups in total. The first kappa shape index (κ1) is 28.2. The summed E-state index contributed by atoms with van der Waals surface area (Å²) in [6, 6.07) is 13.5. The number of aliphatic hydroxyl groups excluding tert-OH is 1. The van der Waals surface area contributed by atoms with E-state index in [0.29, 0.717) is 11.4 Å². The maximum Gasteiger partial charge on any atom is 0.422 e. The number of carbonyl (C=O) groups excluding carboxylic acids is 2. The van der Waals surface area contributed by atoms with Gasteiger partial charge in [0.1, 0.15) is 17.1 Å². The Hall–Kier alpha value is -5.31. The zero-order chi connectivity index (χ0) is 29.7. The van der Waals surface area contributed by atoms with E-state index in [0.717, 1.165) is 0 Å². The Morgan fingerprint density at radius 3 is 2.43 bits per heavy atom. The van der Waals surface area contributed by atoms with Gasteiger partial charge in [0.25, 0.3) is 11.8 Å². The fourth-order valence-corrected chi connectivity index (χ4v) is 3.95. The predicted octanol–water partition coefficient (Wildman–Crippen LogP) is 3.66. The second kappa shape index (κ2) is 12.1. The number of benzene rings is 2.